The number of isocyanates is 1. The third-order valence-corrected chi connectivity index (χ3v) is 4.98. The number of nitrogens with zero attached hydrogens (tertiary/aromatic N) is 1. The van der Waals surface area contributed by atoms with E-state index in [9.17, 15) is 9.59 Å². The largest absolute Gasteiger partial charge is 0.449 e. The van der Waals surface area contributed by atoms with Gasteiger partial charge in [-0.3, -0.25) is 5.32 Å². The lowest BCUT2D eigenvalue weighted by molar-refractivity contribution is 0.136. The highest BCUT2D eigenvalue weighted by molar-refractivity contribution is 5.79. The molecule has 0 aliphatic heterocycles. The quantitative estimate of drug-likeness (QED) is 0.626. The number of hydrogen-bond donors (Lipinski definition) is 1. The Morgan fingerprint density at radius 3 is 2.27 bits per heavy atom. The summed E-state index contributed by atoms with van der Waals surface area (Å²) in [6.45, 7) is 4.12. The summed E-state index contributed by atoms with van der Waals surface area (Å²) in [5.74, 6) is 0.0294. The maximum atomic E-state index is 12.2. The summed E-state index contributed by atoms with van der Waals surface area (Å²) in [6, 6.07) is 16.3. The average molecular weight is 350 g/mol. The highest BCUT2D eigenvalue weighted by Gasteiger charge is 2.29. The maximum Gasteiger partial charge on any atom is 0.408 e. The summed E-state index contributed by atoms with van der Waals surface area (Å²) in [5.41, 5.74) is 4.68. The summed E-state index contributed by atoms with van der Waals surface area (Å²) < 4.78 is 5.47. The Morgan fingerprint density at radius 1 is 1.15 bits per heavy atom. The number of nitrogens with one attached hydrogen (secondary N) is 1. The van der Waals surface area contributed by atoms with Crippen LogP contribution in [0.1, 0.15) is 37.3 Å². The van der Waals surface area contributed by atoms with Crippen LogP contribution in [-0.2, 0) is 9.53 Å². The van der Waals surface area contributed by atoms with Crippen LogP contribution in [0.25, 0.3) is 11.1 Å². The van der Waals surface area contributed by atoms with Gasteiger partial charge < -0.3 is 4.74 Å². The van der Waals surface area contributed by atoms with Gasteiger partial charge in [0.15, 0.2) is 0 Å². The molecule has 5 heteroatoms. The van der Waals surface area contributed by atoms with Crippen molar-refractivity contribution in [3.8, 4) is 11.1 Å². The van der Waals surface area contributed by atoms with E-state index in [2.05, 4.69) is 34.6 Å². The van der Waals surface area contributed by atoms with E-state index in [0.29, 0.717) is 0 Å². The van der Waals surface area contributed by atoms with Crippen molar-refractivity contribution < 1.29 is 14.3 Å². The van der Waals surface area contributed by atoms with Gasteiger partial charge in [-0.25, -0.2) is 9.59 Å². The van der Waals surface area contributed by atoms with Gasteiger partial charge in [-0.2, -0.15) is 4.99 Å². The second-order valence-electron chi connectivity index (χ2n) is 6.52. The SMILES string of the molecule is CC[C@@H](C)[C@@H](N=C=O)NC(=O)OCC1c2ccccc2-c2ccccc21. The molecular formula is C21H22N2O3. The van der Waals surface area contributed by atoms with Gasteiger partial charge in [-0.05, 0) is 34.6 Å². The van der Waals surface area contributed by atoms with Crippen LogP contribution in [0.15, 0.2) is 53.5 Å². The Morgan fingerprint density at radius 2 is 1.73 bits per heavy atom. The van der Waals surface area contributed by atoms with Gasteiger partial charge in [0.25, 0.3) is 0 Å². The van der Waals surface area contributed by atoms with Gasteiger partial charge in [0, 0.05) is 5.92 Å². The zero-order valence-corrected chi connectivity index (χ0v) is 14.9. The molecule has 2 aromatic carbocycles. The average Bonchev–Trinajstić information content (AvgIpc) is 2.99. The minimum absolute atomic E-state index is 0.00442. The summed E-state index contributed by atoms with van der Waals surface area (Å²) >= 11 is 0. The van der Waals surface area contributed by atoms with Crippen LogP contribution in [-0.4, -0.2) is 24.9 Å². The van der Waals surface area contributed by atoms with E-state index in [1.807, 2.05) is 38.1 Å². The fourth-order valence-corrected chi connectivity index (χ4v) is 3.34. The topological polar surface area (TPSA) is 67.8 Å². The van der Waals surface area contributed by atoms with Crippen LogP contribution in [0, 0.1) is 5.92 Å². The van der Waals surface area contributed by atoms with Crippen LogP contribution in [0.5, 0.6) is 0 Å². The number of fused-ring (bicyclic) bond motifs is 3. The molecule has 5 nitrogen and oxygen atoms in total. The predicted octanol–water partition coefficient (Wildman–Crippen LogP) is 4.23. The molecule has 0 saturated carbocycles. The third-order valence-electron chi connectivity index (χ3n) is 4.98. The first kappa shape index (κ1) is 17.9. The number of aliphatic imine (C=N–C) groups is 1. The molecule has 0 aromatic heterocycles. The Bertz CT molecular complexity index is 797. The molecule has 0 spiro atoms. The number of rotatable bonds is 6. The molecule has 1 amide bonds. The Balaban J connectivity index is 1.72. The van der Waals surface area contributed by atoms with Gasteiger partial charge in [-0.1, -0.05) is 62.4 Å². The highest BCUT2D eigenvalue weighted by atomic mass is 16.5. The molecule has 0 radical (unpaired) electrons. The molecule has 26 heavy (non-hydrogen) atoms. The molecule has 0 unspecified atom stereocenters. The zero-order valence-electron chi connectivity index (χ0n) is 14.9. The number of carbonyl (C=O) groups is 1. The molecule has 3 rings (SSSR count). The Labute approximate surface area is 153 Å². The number of hydrogen-bond acceptors (Lipinski definition) is 4. The van der Waals surface area contributed by atoms with E-state index in [1.54, 1.807) is 0 Å². The van der Waals surface area contributed by atoms with Crippen LogP contribution in [0.4, 0.5) is 4.79 Å². The van der Waals surface area contributed by atoms with Crippen LogP contribution < -0.4 is 5.32 Å². The van der Waals surface area contributed by atoms with Gasteiger partial charge >= 0.3 is 6.09 Å². The van der Waals surface area contributed by atoms with E-state index in [0.717, 1.165) is 17.5 Å². The fourth-order valence-electron chi connectivity index (χ4n) is 3.34. The number of alkyl carbamates (subject to hydrolysis) is 1. The van der Waals surface area contributed by atoms with E-state index in [4.69, 9.17) is 4.74 Å². The molecule has 1 aliphatic rings. The third kappa shape index (κ3) is 3.53. The minimum Gasteiger partial charge on any atom is -0.449 e. The fraction of sp³-hybridized carbons (Fsp3) is 0.333. The van der Waals surface area contributed by atoms with Crippen molar-refractivity contribution in [3.63, 3.8) is 0 Å². The number of carbonyl (C=O) groups excluding carboxylic acids is 2. The van der Waals surface area contributed by atoms with Crippen LogP contribution >= 0.6 is 0 Å². The molecule has 134 valence electrons. The smallest absolute Gasteiger partial charge is 0.408 e. The maximum absolute atomic E-state index is 12.2. The molecule has 0 fully saturated rings. The minimum atomic E-state index is -0.617. The summed E-state index contributed by atoms with van der Waals surface area (Å²) in [7, 11) is 0. The van der Waals surface area contributed by atoms with Crippen molar-refractivity contribution in [1.29, 1.82) is 0 Å². The van der Waals surface area contributed by atoms with Crippen molar-refractivity contribution in [2.75, 3.05) is 6.61 Å². The Kier molecular flexibility index (Phi) is 5.49. The lowest BCUT2D eigenvalue weighted by Gasteiger charge is -2.20. The van der Waals surface area contributed by atoms with Gasteiger partial charge in [-0.15, -0.1) is 0 Å². The van der Waals surface area contributed by atoms with Gasteiger partial charge in [0.1, 0.15) is 12.8 Å². The van der Waals surface area contributed by atoms with Crippen molar-refractivity contribution in [1.82, 2.24) is 5.32 Å². The van der Waals surface area contributed by atoms with E-state index in [-0.39, 0.29) is 18.4 Å². The monoisotopic (exact) mass is 350 g/mol. The van der Waals surface area contributed by atoms with Gasteiger partial charge in [0.2, 0.25) is 6.08 Å². The first-order valence-corrected chi connectivity index (χ1v) is 8.84. The van der Waals surface area contributed by atoms with Crippen molar-refractivity contribution in [2.45, 2.75) is 32.4 Å². The van der Waals surface area contributed by atoms with Crippen molar-refractivity contribution >= 4 is 12.2 Å². The van der Waals surface area contributed by atoms with Crippen molar-refractivity contribution in [3.05, 3.63) is 59.7 Å². The van der Waals surface area contributed by atoms with E-state index < -0.39 is 12.3 Å². The molecular weight excluding hydrogens is 328 g/mol. The molecule has 0 saturated heterocycles. The number of amides is 1. The molecule has 2 atom stereocenters. The molecule has 2 aromatic rings. The predicted molar refractivity (Wildman–Crippen MR) is 99.6 cm³/mol. The number of ether oxygens (including phenoxy) is 1. The lowest BCUT2D eigenvalue weighted by atomic mass is 9.98. The molecule has 0 heterocycles. The molecule has 1 N–H and O–H groups in total. The Hall–Kier alpha value is -2.91. The second-order valence-corrected chi connectivity index (χ2v) is 6.52. The number of benzene rings is 2. The van der Waals surface area contributed by atoms with Crippen LogP contribution in [0.3, 0.4) is 0 Å². The standard InChI is InChI=1S/C21H22N2O3/c1-3-14(2)20(22-13-24)23-21(25)26-12-19-17-10-6-4-8-15(17)16-9-5-7-11-18(16)19/h4-11,14,19-20H,3,12H2,1-2H3,(H,23,25)/t14-,20+/m1/s1. The van der Waals surface area contributed by atoms with Gasteiger partial charge in [0.05, 0.1) is 0 Å². The van der Waals surface area contributed by atoms with Crippen LogP contribution in [0.2, 0.25) is 0 Å². The summed E-state index contributed by atoms with van der Waals surface area (Å²) in [6.07, 6.45) is 1.10. The van der Waals surface area contributed by atoms with E-state index in [1.165, 1.54) is 17.2 Å². The normalized spacial score (nSPS) is 14.5. The second kappa shape index (κ2) is 7.98. The first-order valence-electron chi connectivity index (χ1n) is 8.84. The summed E-state index contributed by atoms with van der Waals surface area (Å²) in [4.78, 5) is 26.5. The highest BCUT2D eigenvalue weighted by Crippen LogP contribution is 2.44. The lowest BCUT2D eigenvalue weighted by Crippen LogP contribution is -2.38. The van der Waals surface area contributed by atoms with Crippen molar-refractivity contribution in [2.24, 2.45) is 10.9 Å². The van der Waals surface area contributed by atoms with E-state index >= 15 is 0 Å². The molecule has 1 aliphatic carbocycles. The zero-order chi connectivity index (χ0) is 18.5. The first-order chi connectivity index (χ1) is 12.7. The molecule has 0 bridgehead atoms. The summed E-state index contributed by atoms with van der Waals surface area (Å²) in [5, 5.41) is 2.65.